The summed E-state index contributed by atoms with van der Waals surface area (Å²) in [5.41, 5.74) is 1.68. The van der Waals surface area contributed by atoms with E-state index in [2.05, 4.69) is 0 Å². The van der Waals surface area contributed by atoms with Crippen molar-refractivity contribution >= 4 is 17.5 Å². The smallest absolute Gasteiger partial charge is 0.237 e. The molecule has 2 amide bonds. The minimum atomic E-state index is -0.261. The largest absolute Gasteiger partial charge is 0.274 e. The van der Waals surface area contributed by atoms with Crippen LogP contribution in [0.1, 0.15) is 27.2 Å². The molecule has 3 nitrogen and oxygen atoms in total. The highest BCUT2D eigenvalue weighted by atomic mass is 16.2. The Balaban J connectivity index is 2.91. The number of amides is 2. The molecule has 90 valence electrons. The van der Waals surface area contributed by atoms with E-state index in [0.29, 0.717) is 5.69 Å². The van der Waals surface area contributed by atoms with Crippen LogP contribution in [0.3, 0.4) is 0 Å². The highest BCUT2D eigenvalue weighted by Crippen LogP contribution is 2.15. The lowest BCUT2D eigenvalue weighted by molar-refractivity contribution is -0.124. The number of rotatable bonds is 3. The van der Waals surface area contributed by atoms with Gasteiger partial charge in [-0.2, -0.15) is 0 Å². The van der Waals surface area contributed by atoms with E-state index in [9.17, 15) is 9.59 Å². The van der Waals surface area contributed by atoms with Gasteiger partial charge in [0.15, 0.2) is 0 Å². The topological polar surface area (TPSA) is 37.4 Å². The van der Waals surface area contributed by atoms with Crippen molar-refractivity contribution in [1.29, 1.82) is 0 Å². The van der Waals surface area contributed by atoms with E-state index in [4.69, 9.17) is 0 Å². The maximum absolute atomic E-state index is 12.0. The van der Waals surface area contributed by atoms with Crippen molar-refractivity contribution in [2.75, 3.05) is 4.90 Å². The molecule has 0 atom stereocenters. The number of benzene rings is 1. The van der Waals surface area contributed by atoms with Gasteiger partial charge >= 0.3 is 0 Å². The van der Waals surface area contributed by atoms with Gasteiger partial charge in [-0.05, 0) is 26.0 Å². The Bertz CT molecular complexity index is 431. The molecule has 0 bridgehead atoms. The molecule has 0 spiro atoms. The summed E-state index contributed by atoms with van der Waals surface area (Å²) in [6, 6.07) is 8.96. The van der Waals surface area contributed by atoms with Gasteiger partial charge < -0.3 is 0 Å². The molecule has 0 aliphatic carbocycles. The van der Waals surface area contributed by atoms with E-state index >= 15 is 0 Å². The first-order valence-electron chi connectivity index (χ1n) is 5.54. The summed E-state index contributed by atoms with van der Waals surface area (Å²) in [6.45, 7) is 5.25. The predicted octanol–water partition coefficient (Wildman–Crippen LogP) is 2.92. The van der Waals surface area contributed by atoms with Crippen LogP contribution in [0.4, 0.5) is 5.69 Å². The van der Waals surface area contributed by atoms with Crippen LogP contribution >= 0.6 is 0 Å². The van der Waals surface area contributed by atoms with E-state index in [-0.39, 0.29) is 18.2 Å². The standard InChI is InChI=1S/C14H17NO2/c1-11(2)9-10-14(17)15(12(3)16)13-7-5-4-6-8-13/h4-9H,10H2,1-3H3. The molecule has 0 aliphatic rings. The molecule has 0 unspecified atom stereocenters. The van der Waals surface area contributed by atoms with Crippen LogP contribution in [0.5, 0.6) is 0 Å². The highest BCUT2D eigenvalue weighted by molar-refractivity contribution is 6.14. The Morgan fingerprint density at radius 2 is 1.71 bits per heavy atom. The van der Waals surface area contributed by atoms with Crippen LogP contribution in [0.2, 0.25) is 0 Å². The van der Waals surface area contributed by atoms with E-state index < -0.39 is 0 Å². The Labute approximate surface area is 102 Å². The zero-order valence-electron chi connectivity index (χ0n) is 10.4. The molecular formula is C14H17NO2. The van der Waals surface area contributed by atoms with Crippen molar-refractivity contribution in [1.82, 2.24) is 0 Å². The molecule has 0 N–H and O–H groups in total. The van der Waals surface area contributed by atoms with Crippen molar-refractivity contribution in [3.05, 3.63) is 42.0 Å². The number of carbonyl (C=O) groups excluding carboxylic acids is 2. The van der Waals surface area contributed by atoms with Gasteiger partial charge in [0.05, 0.1) is 5.69 Å². The molecule has 1 aromatic carbocycles. The Morgan fingerprint density at radius 3 is 2.18 bits per heavy atom. The second-order valence-corrected chi connectivity index (χ2v) is 4.07. The number of nitrogens with zero attached hydrogens (tertiary/aromatic N) is 1. The number of hydrogen-bond acceptors (Lipinski definition) is 2. The predicted molar refractivity (Wildman–Crippen MR) is 68.7 cm³/mol. The van der Waals surface area contributed by atoms with Gasteiger partial charge in [-0.25, -0.2) is 0 Å². The van der Waals surface area contributed by atoms with Crippen molar-refractivity contribution in [2.24, 2.45) is 0 Å². The first kappa shape index (κ1) is 13.2. The maximum Gasteiger partial charge on any atom is 0.237 e. The minimum Gasteiger partial charge on any atom is -0.274 e. The van der Waals surface area contributed by atoms with Gasteiger partial charge in [-0.1, -0.05) is 29.8 Å². The van der Waals surface area contributed by atoms with Crippen LogP contribution < -0.4 is 4.90 Å². The molecular weight excluding hydrogens is 214 g/mol. The van der Waals surface area contributed by atoms with Crippen molar-refractivity contribution < 1.29 is 9.59 Å². The fourth-order valence-electron chi connectivity index (χ4n) is 1.46. The first-order chi connectivity index (χ1) is 8.02. The van der Waals surface area contributed by atoms with Gasteiger partial charge in [-0.15, -0.1) is 0 Å². The molecule has 0 heterocycles. The SMILES string of the molecule is CC(=O)N(C(=O)CC=C(C)C)c1ccccc1. The lowest BCUT2D eigenvalue weighted by atomic mass is 10.2. The van der Waals surface area contributed by atoms with Crippen LogP contribution in [-0.2, 0) is 9.59 Å². The molecule has 17 heavy (non-hydrogen) atoms. The fourth-order valence-corrected chi connectivity index (χ4v) is 1.46. The summed E-state index contributed by atoms with van der Waals surface area (Å²) in [7, 11) is 0. The van der Waals surface area contributed by atoms with E-state index in [1.807, 2.05) is 26.0 Å². The number of imide groups is 1. The lowest BCUT2D eigenvalue weighted by Crippen LogP contribution is -2.34. The fraction of sp³-hybridized carbons (Fsp3) is 0.286. The third-order valence-electron chi connectivity index (χ3n) is 2.26. The summed E-state index contributed by atoms with van der Waals surface area (Å²) >= 11 is 0. The van der Waals surface area contributed by atoms with Crippen molar-refractivity contribution in [2.45, 2.75) is 27.2 Å². The van der Waals surface area contributed by atoms with Gasteiger partial charge in [0.1, 0.15) is 0 Å². The molecule has 0 saturated heterocycles. The molecule has 0 saturated carbocycles. The van der Waals surface area contributed by atoms with Gasteiger partial charge in [0, 0.05) is 13.3 Å². The van der Waals surface area contributed by atoms with E-state index in [0.717, 1.165) is 5.57 Å². The normalized spacial score (nSPS) is 9.59. The number of allylic oxidation sites excluding steroid dienone is 1. The molecule has 0 fully saturated rings. The second-order valence-electron chi connectivity index (χ2n) is 4.07. The summed E-state index contributed by atoms with van der Waals surface area (Å²) < 4.78 is 0. The molecule has 3 heteroatoms. The molecule has 0 radical (unpaired) electrons. The van der Waals surface area contributed by atoms with Gasteiger partial charge in [-0.3, -0.25) is 14.5 Å². The quantitative estimate of drug-likeness (QED) is 0.750. The van der Waals surface area contributed by atoms with Gasteiger partial charge in [0.2, 0.25) is 11.8 Å². The Hall–Kier alpha value is -1.90. The zero-order chi connectivity index (χ0) is 12.8. The average molecular weight is 231 g/mol. The summed E-state index contributed by atoms with van der Waals surface area (Å²) in [5.74, 6) is -0.465. The van der Waals surface area contributed by atoms with E-state index in [1.165, 1.54) is 11.8 Å². The number of hydrogen-bond donors (Lipinski definition) is 0. The Morgan fingerprint density at radius 1 is 1.12 bits per heavy atom. The summed E-state index contributed by atoms with van der Waals surface area (Å²) in [5, 5.41) is 0. The Kier molecular flexibility index (Phi) is 4.64. The van der Waals surface area contributed by atoms with Crippen LogP contribution in [0, 0.1) is 0 Å². The molecule has 0 aromatic heterocycles. The lowest BCUT2D eigenvalue weighted by Gasteiger charge is -2.18. The highest BCUT2D eigenvalue weighted by Gasteiger charge is 2.18. The van der Waals surface area contributed by atoms with Gasteiger partial charge in [0.25, 0.3) is 0 Å². The summed E-state index contributed by atoms with van der Waals surface area (Å²) in [6.07, 6.45) is 2.07. The number of anilines is 1. The third-order valence-corrected chi connectivity index (χ3v) is 2.26. The van der Waals surface area contributed by atoms with E-state index in [1.54, 1.807) is 24.3 Å². The third kappa shape index (κ3) is 3.87. The van der Waals surface area contributed by atoms with Crippen molar-refractivity contribution in [3.63, 3.8) is 0 Å². The van der Waals surface area contributed by atoms with Crippen LogP contribution in [0.25, 0.3) is 0 Å². The second kappa shape index (κ2) is 5.99. The summed E-state index contributed by atoms with van der Waals surface area (Å²) in [4.78, 5) is 24.7. The first-order valence-corrected chi connectivity index (χ1v) is 5.54. The van der Waals surface area contributed by atoms with Crippen molar-refractivity contribution in [3.8, 4) is 0 Å². The zero-order valence-corrected chi connectivity index (χ0v) is 10.4. The minimum absolute atomic E-state index is 0.204. The molecule has 1 aromatic rings. The van der Waals surface area contributed by atoms with Crippen LogP contribution in [-0.4, -0.2) is 11.8 Å². The monoisotopic (exact) mass is 231 g/mol. The maximum atomic E-state index is 12.0. The molecule has 0 aliphatic heterocycles. The van der Waals surface area contributed by atoms with Crippen LogP contribution in [0.15, 0.2) is 42.0 Å². The molecule has 1 rings (SSSR count). The number of para-hydroxylation sites is 1. The number of carbonyl (C=O) groups is 2. The average Bonchev–Trinajstić information content (AvgIpc) is 2.27.